The number of hydrogen-bond acceptors (Lipinski definition) is 4. The van der Waals surface area contributed by atoms with Crippen LogP contribution in [-0.4, -0.2) is 45.7 Å². The summed E-state index contributed by atoms with van der Waals surface area (Å²) in [7, 11) is 0. The number of carboxylic acids is 1. The summed E-state index contributed by atoms with van der Waals surface area (Å²) in [5.74, 6) is -1.48. The van der Waals surface area contributed by atoms with E-state index < -0.39 is 5.97 Å². The van der Waals surface area contributed by atoms with Crippen LogP contribution in [0.15, 0.2) is 66.7 Å². The number of fused-ring (bicyclic) bond motifs is 1. The van der Waals surface area contributed by atoms with Crippen LogP contribution in [0, 0.1) is 13.8 Å². The number of pyridine rings is 1. The first-order chi connectivity index (χ1) is 16.8. The Balaban J connectivity index is 0.000000429. The second kappa shape index (κ2) is 11.6. The van der Waals surface area contributed by atoms with E-state index >= 15 is 0 Å². The van der Waals surface area contributed by atoms with Gasteiger partial charge in [-0.1, -0.05) is 87.5 Å². The molecule has 0 fully saturated rings. The number of aryl methyl sites for hydroxylation is 2. The van der Waals surface area contributed by atoms with Gasteiger partial charge in [0.05, 0.1) is 5.52 Å². The van der Waals surface area contributed by atoms with E-state index in [0.717, 1.165) is 22.3 Å². The SMILES string of the molecule is CCN(CC)CC.Cc1ccc2c(C(=O)O)c(O)c(-c3ccc(-c4ccccc4)cc3)nc2c1C. The normalized spacial score (nSPS) is 10.8. The number of nitrogens with zero attached hydrogens (tertiary/aromatic N) is 2. The van der Waals surface area contributed by atoms with Crippen molar-refractivity contribution in [3.8, 4) is 28.1 Å². The maximum atomic E-state index is 11.9. The van der Waals surface area contributed by atoms with E-state index in [9.17, 15) is 15.0 Å². The molecule has 4 aromatic rings. The average Bonchev–Trinajstić information content (AvgIpc) is 2.88. The fourth-order valence-electron chi connectivity index (χ4n) is 4.10. The van der Waals surface area contributed by atoms with Crippen molar-refractivity contribution in [1.29, 1.82) is 0 Å². The predicted molar refractivity (Wildman–Crippen MR) is 144 cm³/mol. The van der Waals surface area contributed by atoms with E-state index in [4.69, 9.17) is 0 Å². The highest BCUT2D eigenvalue weighted by molar-refractivity contribution is 6.08. The van der Waals surface area contributed by atoms with Crippen molar-refractivity contribution in [1.82, 2.24) is 9.88 Å². The van der Waals surface area contributed by atoms with Gasteiger partial charge < -0.3 is 15.1 Å². The molecule has 0 saturated heterocycles. The molecule has 3 aromatic carbocycles. The molecule has 2 N–H and O–H groups in total. The first kappa shape index (κ1) is 25.9. The fraction of sp³-hybridized carbons (Fsp3) is 0.267. The summed E-state index contributed by atoms with van der Waals surface area (Å²) < 4.78 is 0. The van der Waals surface area contributed by atoms with E-state index in [1.54, 1.807) is 6.07 Å². The second-order valence-corrected chi connectivity index (χ2v) is 8.46. The van der Waals surface area contributed by atoms with Crippen LogP contribution in [-0.2, 0) is 0 Å². The van der Waals surface area contributed by atoms with Gasteiger partial charge in [0, 0.05) is 10.9 Å². The second-order valence-electron chi connectivity index (χ2n) is 8.46. The summed E-state index contributed by atoms with van der Waals surface area (Å²) in [6.45, 7) is 14.0. The van der Waals surface area contributed by atoms with Gasteiger partial charge in [0.2, 0.25) is 0 Å². The summed E-state index contributed by atoms with van der Waals surface area (Å²) in [4.78, 5) is 18.9. The molecular weight excluding hydrogens is 436 g/mol. The monoisotopic (exact) mass is 470 g/mol. The van der Waals surface area contributed by atoms with E-state index in [1.807, 2.05) is 74.5 Å². The highest BCUT2D eigenvalue weighted by atomic mass is 16.4. The van der Waals surface area contributed by atoms with E-state index in [2.05, 4.69) is 30.7 Å². The van der Waals surface area contributed by atoms with Crippen LogP contribution in [0.3, 0.4) is 0 Å². The third-order valence-electron chi connectivity index (χ3n) is 6.48. The average molecular weight is 471 g/mol. The third kappa shape index (κ3) is 5.69. The summed E-state index contributed by atoms with van der Waals surface area (Å²) in [6, 6.07) is 21.1. The van der Waals surface area contributed by atoms with Crippen molar-refractivity contribution in [3.63, 3.8) is 0 Å². The van der Waals surface area contributed by atoms with Gasteiger partial charge in [-0.3, -0.25) is 0 Å². The number of carboxylic acid groups (broad SMARTS) is 1. The first-order valence-electron chi connectivity index (χ1n) is 12.1. The molecule has 5 heteroatoms. The van der Waals surface area contributed by atoms with Crippen molar-refractivity contribution in [2.24, 2.45) is 0 Å². The van der Waals surface area contributed by atoms with Crippen LogP contribution in [0.25, 0.3) is 33.3 Å². The van der Waals surface area contributed by atoms with Gasteiger partial charge in [0.1, 0.15) is 11.3 Å². The molecule has 0 amide bonds. The van der Waals surface area contributed by atoms with Gasteiger partial charge in [-0.15, -0.1) is 0 Å². The Kier molecular flexibility index (Phi) is 8.61. The lowest BCUT2D eigenvalue weighted by atomic mass is 9.97. The van der Waals surface area contributed by atoms with Crippen LogP contribution in [0.1, 0.15) is 42.3 Å². The Morgan fingerprint density at radius 2 is 1.34 bits per heavy atom. The smallest absolute Gasteiger partial charge is 0.340 e. The van der Waals surface area contributed by atoms with E-state index in [-0.39, 0.29) is 17.0 Å². The Hall–Kier alpha value is -3.70. The highest BCUT2D eigenvalue weighted by Gasteiger charge is 2.22. The van der Waals surface area contributed by atoms with Crippen LogP contribution in [0.2, 0.25) is 0 Å². The van der Waals surface area contributed by atoms with Gasteiger partial charge in [0.15, 0.2) is 5.75 Å². The molecular formula is C30H34N2O3. The minimum absolute atomic E-state index is 0.116. The molecule has 5 nitrogen and oxygen atoms in total. The Morgan fingerprint density at radius 1 is 0.800 bits per heavy atom. The van der Waals surface area contributed by atoms with Gasteiger partial charge in [-0.05, 0) is 55.7 Å². The quantitative estimate of drug-likeness (QED) is 0.319. The van der Waals surface area contributed by atoms with Crippen molar-refractivity contribution in [3.05, 3.63) is 83.4 Å². The Morgan fingerprint density at radius 3 is 1.86 bits per heavy atom. The van der Waals surface area contributed by atoms with Crippen molar-refractivity contribution in [2.45, 2.75) is 34.6 Å². The van der Waals surface area contributed by atoms with Crippen LogP contribution in [0.5, 0.6) is 5.75 Å². The Bertz CT molecular complexity index is 1290. The number of hydrogen-bond donors (Lipinski definition) is 2. The Labute approximate surface area is 207 Å². The van der Waals surface area contributed by atoms with E-state index in [1.165, 1.54) is 19.6 Å². The molecule has 1 heterocycles. The number of benzene rings is 3. The molecule has 0 bridgehead atoms. The molecule has 35 heavy (non-hydrogen) atoms. The molecule has 0 unspecified atom stereocenters. The lowest BCUT2D eigenvalue weighted by Gasteiger charge is -2.13. The summed E-state index contributed by atoms with van der Waals surface area (Å²) in [5, 5.41) is 20.9. The number of rotatable bonds is 6. The fourth-order valence-corrected chi connectivity index (χ4v) is 4.10. The number of aromatic hydroxyl groups is 1. The number of carbonyl (C=O) groups is 1. The summed E-state index contributed by atoms with van der Waals surface area (Å²) in [6.07, 6.45) is 0. The molecule has 0 aliphatic heterocycles. The molecule has 0 radical (unpaired) electrons. The minimum atomic E-state index is -1.17. The van der Waals surface area contributed by atoms with Gasteiger partial charge in [-0.25, -0.2) is 9.78 Å². The third-order valence-corrected chi connectivity index (χ3v) is 6.48. The molecule has 0 spiro atoms. The zero-order valence-electron chi connectivity index (χ0n) is 21.2. The summed E-state index contributed by atoms with van der Waals surface area (Å²) >= 11 is 0. The number of aromatic carboxylic acids is 1. The van der Waals surface area contributed by atoms with Gasteiger partial charge in [-0.2, -0.15) is 0 Å². The van der Waals surface area contributed by atoms with Gasteiger partial charge in [0.25, 0.3) is 0 Å². The topological polar surface area (TPSA) is 73.7 Å². The van der Waals surface area contributed by atoms with Crippen LogP contribution in [0.4, 0.5) is 0 Å². The van der Waals surface area contributed by atoms with E-state index in [0.29, 0.717) is 16.5 Å². The maximum Gasteiger partial charge on any atom is 0.340 e. The highest BCUT2D eigenvalue weighted by Crippen LogP contribution is 2.37. The largest absolute Gasteiger partial charge is 0.505 e. The zero-order valence-corrected chi connectivity index (χ0v) is 21.2. The standard InChI is InChI=1S/C24H19NO3.C6H15N/c1-14-8-13-19-20(24(27)28)23(26)22(25-21(19)15(14)2)18-11-9-17(10-12-18)16-6-4-3-5-7-16;1-4-7(5-2)6-3/h3-13,26H,1-2H3,(H,27,28);4-6H2,1-3H3. The summed E-state index contributed by atoms with van der Waals surface area (Å²) in [5.41, 5.74) is 5.47. The molecule has 0 saturated carbocycles. The van der Waals surface area contributed by atoms with Crippen molar-refractivity contribution < 1.29 is 15.0 Å². The van der Waals surface area contributed by atoms with Crippen molar-refractivity contribution >= 4 is 16.9 Å². The van der Waals surface area contributed by atoms with Crippen molar-refractivity contribution in [2.75, 3.05) is 19.6 Å². The molecule has 4 rings (SSSR count). The maximum absolute atomic E-state index is 11.9. The minimum Gasteiger partial charge on any atom is -0.505 e. The zero-order chi connectivity index (χ0) is 25.5. The van der Waals surface area contributed by atoms with Gasteiger partial charge >= 0.3 is 5.97 Å². The van der Waals surface area contributed by atoms with Crippen LogP contribution >= 0.6 is 0 Å². The number of aromatic nitrogens is 1. The lowest BCUT2D eigenvalue weighted by Crippen LogP contribution is -2.21. The van der Waals surface area contributed by atoms with Crippen LogP contribution < -0.4 is 0 Å². The molecule has 0 aliphatic rings. The molecule has 1 aromatic heterocycles. The lowest BCUT2D eigenvalue weighted by molar-refractivity contribution is 0.0696. The molecule has 0 atom stereocenters. The first-order valence-corrected chi connectivity index (χ1v) is 12.1. The molecule has 0 aliphatic carbocycles. The molecule has 182 valence electrons. The predicted octanol–water partition coefficient (Wildman–Crippen LogP) is 6.94.